The minimum atomic E-state index is -3.36. The Morgan fingerprint density at radius 1 is 1.21 bits per heavy atom. The van der Waals surface area contributed by atoms with E-state index in [0.717, 1.165) is 12.8 Å². The van der Waals surface area contributed by atoms with E-state index >= 15 is 0 Å². The van der Waals surface area contributed by atoms with Crippen LogP contribution in [0, 0.1) is 0 Å². The van der Waals surface area contributed by atoms with E-state index in [-0.39, 0.29) is 12.4 Å². The summed E-state index contributed by atoms with van der Waals surface area (Å²) in [6.07, 6.45) is 1.70. The average molecular weight is 325 g/mol. The Labute approximate surface area is 125 Å². The molecular formula is C12H18Cl2N2O2S. The molecule has 108 valence electrons. The first-order valence-electron chi connectivity index (χ1n) is 5.97. The molecule has 1 N–H and O–H groups in total. The van der Waals surface area contributed by atoms with Crippen molar-refractivity contribution in [3.63, 3.8) is 0 Å². The fourth-order valence-electron chi connectivity index (χ4n) is 2.14. The van der Waals surface area contributed by atoms with Gasteiger partial charge in [-0.15, -0.1) is 12.4 Å². The smallest absolute Gasteiger partial charge is 0.243 e. The number of piperidine rings is 1. The summed E-state index contributed by atoms with van der Waals surface area (Å²) in [5.74, 6) is 0. The molecule has 1 fully saturated rings. The van der Waals surface area contributed by atoms with Gasteiger partial charge in [0.15, 0.2) is 0 Å². The first-order valence-corrected chi connectivity index (χ1v) is 7.79. The van der Waals surface area contributed by atoms with Gasteiger partial charge in [0.1, 0.15) is 0 Å². The summed E-state index contributed by atoms with van der Waals surface area (Å²) in [6, 6.07) is 6.74. The van der Waals surface area contributed by atoms with Crippen LogP contribution < -0.4 is 5.32 Å². The van der Waals surface area contributed by atoms with Crippen molar-refractivity contribution in [2.75, 3.05) is 20.1 Å². The molecule has 0 atom stereocenters. The largest absolute Gasteiger partial charge is 0.317 e. The monoisotopic (exact) mass is 324 g/mol. The molecule has 0 aromatic heterocycles. The number of benzene rings is 1. The van der Waals surface area contributed by atoms with E-state index in [1.165, 1.54) is 0 Å². The van der Waals surface area contributed by atoms with E-state index in [2.05, 4.69) is 5.32 Å². The predicted molar refractivity (Wildman–Crippen MR) is 79.5 cm³/mol. The van der Waals surface area contributed by atoms with Gasteiger partial charge >= 0.3 is 0 Å². The van der Waals surface area contributed by atoms with Crippen LogP contribution in [-0.2, 0) is 10.0 Å². The lowest BCUT2D eigenvalue weighted by Gasteiger charge is -2.30. The molecule has 0 spiro atoms. The number of hydrogen-bond donors (Lipinski definition) is 1. The highest BCUT2D eigenvalue weighted by atomic mass is 35.5. The molecule has 1 aromatic carbocycles. The predicted octanol–water partition coefficient (Wildman–Crippen LogP) is 2.13. The van der Waals surface area contributed by atoms with Crippen LogP contribution in [0.3, 0.4) is 0 Å². The highest BCUT2D eigenvalue weighted by molar-refractivity contribution is 7.89. The Hall–Kier alpha value is -0.330. The van der Waals surface area contributed by atoms with Crippen LogP contribution in [0.5, 0.6) is 0 Å². The maximum Gasteiger partial charge on any atom is 0.243 e. The van der Waals surface area contributed by atoms with Gasteiger partial charge in [-0.2, -0.15) is 4.31 Å². The third-order valence-electron chi connectivity index (χ3n) is 3.31. The van der Waals surface area contributed by atoms with Crippen molar-refractivity contribution in [2.45, 2.75) is 23.8 Å². The average Bonchev–Trinajstić information content (AvgIpc) is 2.39. The van der Waals surface area contributed by atoms with Crippen molar-refractivity contribution in [1.82, 2.24) is 9.62 Å². The first kappa shape index (κ1) is 16.7. The minimum Gasteiger partial charge on any atom is -0.317 e. The maximum absolute atomic E-state index is 12.4. The van der Waals surface area contributed by atoms with Crippen LogP contribution in [0.4, 0.5) is 0 Å². The van der Waals surface area contributed by atoms with Crippen LogP contribution in [-0.4, -0.2) is 38.9 Å². The molecule has 0 saturated carbocycles. The lowest BCUT2D eigenvalue weighted by Crippen LogP contribution is -2.43. The number of nitrogens with one attached hydrogen (secondary N) is 1. The van der Waals surface area contributed by atoms with Crippen LogP contribution in [0.2, 0.25) is 5.02 Å². The van der Waals surface area contributed by atoms with E-state index in [1.807, 2.05) is 7.05 Å². The normalized spacial score (nSPS) is 18.0. The van der Waals surface area contributed by atoms with E-state index in [0.29, 0.717) is 29.0 Å². The highest BCUT2D eigenvalue weighted by Crippen LogP contribution is 2.22. The molecule has 19 heavy (non-hydrogen) atoms. The minimum absolute atomic E-state index is 0. The summed E-state index contributed by atoms with van der Waals surface area (Å²) >= 11 is 5.77. The molecule has 0 bridgehead atoms. The zero-order valence-electron chi connectivity index (χ0n) is 10.7. The zero-order chi connectivity index (χ0) is 13.2. The Balaban J connectivity index is 0.00000180. The van der Waals surface area contributed by atoms with Gasteiger partial charge in [0, 0.05) is 24.2 Å². The molecule has 1 aliphatic rings. The number of hydrogen-bond acceptors (Lipinski definition) is 3. The highest BCUT2D eigenvalue weighted by Gasteiger charge is 2.28. The van der Waals surface area contributed by atoms with E-state index in [4.69, 9.17) is 11.6 Å². The van der Waals surface area contributed by atoms with Gasteiger partial charge in [-0.05, 0) is 44.2 Å². The molecule has 0 aliphatic carbocycles. The van der Waals surface area contributed by atoms with Crippen LogP contribution in [0.15, 0.2) is 29.2 Å². The Morgan fingerprint density at radius 3 is 2.21 bits per heavy atom. The standard InChI is InChI=1S/C12H17ClN2O2S.ClH/c1-14-11-6-8-15(9-7-11)18(16,17)12-4-2-10(13)3-5-12;/h2-5,11,14H,6-9H2,1H3;1H. The topological polar surface area (TPSA) is 49.4 Å². The van der Waals surface area contributed by atoms with Crippen molar-refractivity contribution in [3.05, 3.63) is 29.3 Å². The molecule has 0 unspecified atom stereocenters. The third-order valence-corrected chi connectivity index (χ3v) is 5.48. The van der Waals surface area contributed by atoms with Crippen molar-refractivity contribution in [1.29, 1.82) is 0 Å². The summed E-state index contributed by atoms with van der Waals surface area (Å²) in [6.45, 7) is 1.13. The second-order valence-corrected chi connectivity index (χ2v) is 6.80. The number of halogens is 2. The molecule has 1 aromatic rings. The fourth-order valence-corrected chi connectivity index (χ4v) is 3.74. The summed E-state index contributed by atoms with van der Waals surface area (Å²) in [4.78, 5) is 0.315. The van der Waals surface area contributed by atoms with Crippen molar-refractivity contribution in [2.24, 2.45) is 0 Å². The van der Waals surface area contributed by atoms with Gasteiger partial charge in [-0.1, -0.05) is 11.6 Å². The van der Waals surface area contributed by atoms with Gasteiger partial charge in [0.05, 0.1) is 4.90 Å². The zero-order valence-corrected chi connectivity index (χ0v) is 13.1. The SMILES string of the molecule is CNC1CCN(S(=O)(=O)c2ccc(Cl)cc2)CC1.Cl. The Bertz CT molecular complexity index is 497. The summed E-state index contributed by atoms with van der Waals surface area (Å²) in [5, 5.41) is 3.73. The number of nitrogens with zero attached hydrogens (tertiary/aromatic N) is 1. The summed E-state index contributed by atoms with van der Waals surface area (Å²) < 4.78 is 26.3. The second-order valence-electron chi connectivity index (χ2n) is 4.42. The molecule has 1 saturated heterocycles. The molecule has 2 rings (SSSR count). The van der Waals surface area contributed by atoms with Gasteiger partial charge in [0.25, 0.3) is 0 Å². The second kappa shape index (κ2) is 6.90. The van der Waals surface area contributed by atoms with E-state index in [1.54, 1.807) is 28.6 Å². The third kappa shape index (κ3) is 3.83. The van der Waals surface area contributed by atoms with Crippen molar-refractivity contribution >= 4 is 34.0 Å². The quantitative estimate of drug-likeness (QED) is 0.926. The van der Waals surface area contributed by atoms with Gasteiger partial charge < -0.3 is 5.32 Å². The molecule has 4 nitrogen and oxygen atoms in total. The summed E-state index contributed by atoms with van der Waals surface area (Å²) in [7, 11) is -1.45. The maximum atomic E-state index is 12.4. The van der Waals surface area contributed by atoms with Gasteiger partial charge in [-0.3, -0.25) is 0 Å². The molecule has 1 aliphatic heterocycles. The molecule has 0 radical (unpaired) electrons. The van der Waals surface area contributed by atoms with Gasteiger partial charge in [-0.25, -0.2) is 8.42 Å². The van der Waals surface area contributed by atoms with Crippen molar-refractivity contribution < 1.29 is 8.42 Å². The first-order chi connectivity index (χ1) is 8.54. The number of rotatable bonds is 3. The molecular weight excluding hydrogens is 307 g/mol. The molecule has 0 amide bonds. The Morgan fingerprint density at radius 2 is 1.74 bits per heavy atom. The summed E-state index contributed by atoms with van der Waals surface area (Å²) in [5.41, 5.74) is 0. The fraction of sp³-hybridized carbons (Fsp3) is 0.500. The van der Waals surface area contributed by atoms with Gasteiger partial charge in [0.2, 0.25) is 10.0 Å². The van der Waals surface area contributed by atoms with Crippen LogP contribution in [0.25, 0.3) is 0 Å². The molecule has 1 heterocycles. The Kier molecular flexibility index (Phi) is 6.08. The molecule has 7 heteroatoms. The lowest BCUT2D eigenvalue weighted by molar-refractivity contribution is 0.298. The van der Waals surface area contributed by atoms with E-state index < -0.39 is 10.0 Å². The van der Waals surface area contributed by atoms with Crippen LogP contribution in [0.1, 0.15) is 12.8 Å². The number of sulfonamides is 1. The van der Waals surface area contributed by atoms with E-state index in [9.17, 15) is 8.42 Å². The lowest BCUT2D eigenvalue weighted by atomic mass is 10.1. The van der Waals surface area contributed by atoms with Crippen LogP contribution >= 0.6 is 24.0 Å². The van der Waals surface area contributed by atoms with Crippen molar-refractivity contribution in [3.8, 4) is 0 Å².